The molecule has 6 nitrogen and oxygen atoms in total. The minimum absolute atomic E-state index is 0.0344. The molecule has 0 radical (unpaired) electrons. The van der Waals surface area contributed by atoms with Crippen LogP contribution >= 0.6 is 15.9 Å². The Bertz CT molecular complexity index is 960. The highest BCUT2D eigenvalue weighted by Gasteiger charge is 2.32. The van der Waals surface area contributed by atoms with Crippen LogP contribution in [-0.2, 0) is 16.0 Å². The molecule has 0 spiro atoms. The number of rotatable bonds is 3. The van der Waals surface area contributed by atoms with E-state index in [1.807, 2.05) is 31.2 Å². The van der Waals surface area contributed by atoms with E-state index in [9.17, 15) is 9.59 Å². The van der Waals surface area contributed by atoms with Crippen LogP contribution in [0.3, 0.4) is 0 Å². The monoisotopic (exact) mass is 444 g/mol. The van der Waals surface area contributed by atoms with E-state index in [-0.39, 0.29) is 25.0 Å². The second kappa shape index (κ2) is 7.47. The average molecular weight is 445 g/mol. The first-order valence-electron chi connectivity index (χ1n) is 9.19. The van der Waals surface area contributed by atoms with E-state index in [2.05, 4.69) is 15.9 Å². The van der Waals surface area contributed by atoms with Gasteiger partial charge >= 0.3 is 0 Å². The summed E-state index contributed by atoms with van der Waals surface area (Å²) >= 11 is 3.41. The molecule has 0 saturated carbocycles. The number of halogens is 1. The molecule has 4 rings (SSSR count). The number of methoxy groups -OCH3 is 1. The van der Waals surface area contributed by atoms with E-state index >= 15 is 0 Å². The fourth-order valence-corrected chi connectivity index (χ4v) is 4.18. The molecule has 146 valence electrons. The molecule has 0 aromatic heterocycles. The Morgan fingerprint density at radius 3 is 2.89 bits per heavy atom. The first-order valence-corrected chi connectivity index (χ1v) is 9.98. The highest BCUT2D eigenvalue weighted by atomic mass is 79.9. The molecule has 0 saturated heterocycles. The van der Waals surface area contributed by atoms with Crippen LogP contribution in [0.1, 0.15) is 17.5 Å². The lowest BCUT2D eigenvalue weighted by molar-refractivity contribution is -0.124. The van der Waals surface area contributed by atoms with Crippen LogP contribution in [0.15, 0.2) is 34.8 Å². The fraction of sp³-hybridized carbons (Fsp3) is 0.333. The number of benzene rings is 2. The van der Waals surface area contributed by atoms with Crippen LogP contribution in [0.4, 0.5) is 11.4 Å². The van der Waals surface area contributed by atoms with E-state index in [0.29, 0.717) is 23.7 Å². The zero-order chi connectivity index (χ0) is 19.8. The second-order valence-corrected chi connectivity index (χ2v) is 7.86. The molecule has 2 aliphatic rings. The number of carbonyl (C=O) groups excluding carboxylic acids is 2. The van der Waals surface area contributed by atoms with Gasteiger partial charge in [0, 0.05) is 11.0 Å². The van der Waals surface area contributed by atoms with Gasteiger partial charge in [0.15, 0.2) is 6.61 Å². The summed E-state index contributed by atoms with van der Waals surface area (Å²) < 4.78 is 11.9. The highest BCUT2D eigenvalue weighted by molar-refractivity contribution is 9.10. The van der Waals surface area contributed by atoms with E-state index < -0.39 is 0 Å². The quantitative estimate of drug-likeness (QED) is 0.726. The van der Waals surface area contributed by atoms with Gasteiger partial charge in [-0.1, -0.05) is 22.0 Å². The summed E-state index contributed by atoms with van der Waals surface area (Å²) in [5.41, 5.74) is 3.72. The van der Waals surface area contributed by atoms with Crippen molar-refractivity contribution in [3.63, 3.8) is 0 Å². The molecule has 0 N–H and O–H groups in total. The van der Waals surface area contributed by atoms with Crippen LogP contribution in [0.25, 0.3) is 0 Å². The molecule has 28 heavy (non-hydrogen) atoms. The Hall–Kier alpha value is -2.54. The number of hydrogen-bond donors (Lipinski definition) is 0. The normalized spacial score (nSPS) is 15.6. The van der Waals surface area contributed by atoms with Crippen molar-refractivity contribution < 1.29 is 19.1 Å². The van der Waals surface area contributed by atoms with Crippen LogP contribution < -0.4 is 19.3 Å². The number of amides is 2. The Labute approximate surface area is 172 Å². The summed E-state index contributed by atoms with van der Waals surface area (Å²) in [6.07, 6.45) is 1.79. The maximum absolute atomic E-state index is 13.3. The van der Waals surface area contributed by atoms with Crippen molar-refractivity contribution in [1.29, 1.82) is 0 Å². The van der Waals surface area contributed by atoms with Gasteiger partial charge in [0.05, 0.1) is 18.5 Å². The van der Waals surface area contributed by atoms with Crippen LogP contribution in [0.2, 0.25) is 0 Å². The second-order valence-electron chi connectivity index (χ2n) is 6.94. The molecule has 2 aliphatic heterocycles. The van der Waals surface area contributed by atoms with E-state index in [1.54, 1.807) is 18.1 Å². The predicted octanol–water partition coefficient (Wildman–Crippen LogP) is 3.47. The van der Waals surface area contributed by atoms with Gasteiger partial charge in [0.1, 0.15) is 18.0 Å². The van der Waals surface area contributed by atoms with Crippen LogP contribution in [0.5, 0.6) is 11.5 Å². The molecule has 0 aliphatic carbocycles. The van der Waals surface area contributed by atoms with Crippen molar-refractivity contribution in [2.45, 2.75) is 19.8 Å². The zero-order valence-corrected chi connectivity index (χ0v) is 17.4. The number of aryl methyl sites for hydroxylation is 1. The molecule has 0 unspecified atom stereocenters. The van der Waals surface area contributed by atoms with Crippen molar-refractivity contribution >= 4 is 39.1 Å². The highest BCUT2D eigenvalue weighted by Crippen LogP contribution is 2.39. The molecular weight excluding hydrogens is 424 g/mol. The SMILES string of the molecule is COc1ccc(C)c2c1N(C(=O)CN1C(=O)COc3cc(Br)ccc31)CCC2. The molecule has 2 aromatic rings. The minimum Gasteiger partial charge on any atom is -0.495 e. The van der Waals surface area contributed by atoms with Crippen molar-refractivity contribution in [3.05, 3.63) is 45.9 Å². The fourth-order valence-electron chi connectivity index (χ4n) is 3.84. The largest absolute Gasteiger partial charge is 0.495 e. The number of nitrogens with zero attached hydrogens (tertiary/aromatic N) is 2. The summed E-state index contributed by atoms with van der Waals surface area (Å²) in [5.74, 6) is 0.922. The summed E-state index contributed by atoms with van der Waals surface area (Å²) in [6, 6.07) is 9.35. The van der Waals surface area contributed by atoms with Crippen molar-refractivity contribution in [2.24, 2.45) is 0 Å². The number of anilines is 2. The van der Waals surface area contributed by atoms with Gasteiger partial charge in [0.25, 0.3) is 5.91 Å². The van der Waals surface area contributed by atoms with Crippen molar-refractivity contribution in [3.8, 4) is 11.5 Å². The van der Waals surface area contributed by atoms with Gasteiger partial charge in [-0.15, -0.1) is 0 Å². The molecule has 2 amide bonds. The summed E-state index contributed by atoms with van der Waals surface area (Å²) in [7, 11) is 1.61. The lowest BCUT2D eigenvalue weighted by Gasteiger charge is -2.35. The third kappa shape index (κ3) is 3.24. The van der Waals surface area contributed by atoms with Crippen molar-refractivity contribution in [1.82, 2.24) is 0 Å². The average Bonchev–Trinajstić information content (AvgIpc) is 2.70. The number of hydrogen-bond acceptors (Lipinski definition) is 4. The molecular formula is C21H21BrN2O4. The third-order valence-electron chi connectivity index (χ3n) is 5.24. The van der Waals surface area contributed by atoms with Crippen molar-refractivity contribution in [2.75, 3.05) is 36.6 Å². The van der Waals surface area contributed by atoms with Gasteiger partial charge in [-0.3, -0.25) is 14.5 Å². The summed E-state index contributed by atoms with van der Waals surface area (Å²) in [6.45, 7) is 2.55. The topological polar surface area (TPSA) is 59.1 Å². The molecule has 0 fully saturated rings. The Balaban J connectivity index is 1.66. The molecule has 7 heteroatoms. The number of ether oxygens (including phenoxy) is 2. The lowest BCUT2D eigenvalue weighted by atomic mass is 9.96. The Morgan fingerprint density at radius 2 is 2.11 bits per heavy atom. The van der Waals surface area contributed by atoms with Gasteiger partial charge in [-0.05, 0) is 55.2 Å². The maximum atomic E-state index is 13.3. The Kier molecular flexibility index (Phi) is 5.02. The molecule has 0 atom stereocenters. The van der Waals surface area contributed by atoms with E-state index in [1.165, 1.54) is 4.90 Å². The van der Waals surface area contributed by atoms with Crippen LogP contribution in [0, 0.1) is 6.92 Å². The lowest BCUT2D eigenvalue weighted by Crippen LogP contribution is -2.47. The summed E-state index contributed by atoms with van der Waals surface area (Å²) in [4.78, 5) is 29.0. The van der Waals surface area contributed by atoms with Gasteiger partial charge < -0.3 is 14.4 Å². The van der Waals surface area contributed by atoms with Gasteiger partial charge in [-0.25, -0.2) is 0 Å². The van der Waals surface area contributed by atoms with E-state index in [0.717, 1.165) is 34.1 Å². The smallest absolute Gasteiger partial charge is 0.265 e. The number of carbonyl (C=O) groups is 2. The third-order valence-corrected chi connectivity index (χ3v) is 5.73. The van der Waals surface area contributed by atoms with E-state index in [4.69, 9.17) is 9.47 Å². The summed E-state index contributed by atoms with van der Waals surface area (Å²) in [5, 5.41) is 0. The molecule has 2 heterocycles. The standard InChI is InChI=1S/C21H21BrN2O4/c1-13-5-8-17(27-2)21-15(13)4-3-9-23(21)19(25)11-24-16-7-6-14(22)10-18(16)28-12-20(24)26/h5-8,10H,3-4,9,11-12H2,1-2H3. The minimum atomic E-state index is -0.225. The Morgan fingerprint density at radius 1 is 1.29 bits per heavy atom. The van der Waals surface area contributed by atoms with Gasteiger partial charge in [-0.2, -0.15) is 0 Å². The van der Waals surface area contributed by atoms with Gasteiger partial charge in [0.2, 0.25) is 5.91 Å². The molecule has 0 bridgehead atoms. The van der Waals surface area contributed by atoms with Crippen LogP contribution in [-0.4, -0.2) is 38.6 Å². The predicted molar refractivity (Wildman–Crippen MR) is 110 cm³/mol. The zero-order valence-electron chi connectivity index (χ0n) is 15.8. The first-order chi connectivity index (χ1) is 13.5. The number of fused-ring (bicyclic) bond motifs is 2. The maximum Gasteiger partial charge on any atom is 0.265 e. The molecule has 2 aromatic carbocycles. The first kappa shape index (κ1) is 18.8.